The van der Waals surface area contributed by atoms with E-state index in [1.807, 2.05) is 25.1 Å². The number of carbonyl (C=O) groups is 1. The predicted molar refractivity (Wildman–Crippen MR) is 85.4 cm³/mol. The third kappa shape index (κ3) is 5.19. The van der Waals surface area contributed by atoms with Gasteiger partial charge < -0.3 is 20.1 Å². The van der Waals surface area contributed by atoms with Crippen molar-refractivity contribution in [2.75, 3.05) is 38.7 Å². The fourth-order valence-electron chi connectivity index (χ4n) is 2.20. The highest BCUT2D eigenvalue weighted by atomic mass is 35.5. The Labute approximate surface area is 131 Å². The molecule has 6 heteroatoms. The van der Waals surface area contributed by atoms with Crippen molar-refractivity contribution in [3.63, 3.8) is 0 Å². The first kappa shape index (κ1) is 17.8. The lowest BCUT2D eigenvalue weighted by atomic mass is 10.1. The van der Waals surface area contributed by atoms with Crippen LogP contribution in [0.1, 0.15) is 12.0 Å². The fourth-order valence-corrected chi connectivity index (χ4v) is 2.20. The van der Waals surface area contributed by atoms with Gasteiger partial charge in [-0.15, -0.1) is 12.4 Å². The molecule has 1 aliphatic rings. The van der Waals surface area contributed by atoms with E-state index in [2.05, 4.69) is 10.6 Å². The standard InChI is InChI=1S/C15H22N2O3.ClH/c1-11-3-4-13(14(9-11)20-8-7-19-2)17-15(18)12-5-6-16-10-12;/h3-4,9,12,16H,5-8,10H2,1-2H3,(H,17,18);1H. The Balaban J connectivity index is 0.00000220. The predicted octanol–water partition coefficient (Wildman–Crippen LogP) is 1.99. The van der Waals surface area contributed by atoms with E-state index in [0.29, 0.717) is 19.0 Å². The van der Waals surface area contributed by atoms with Crippen LogP contribution in [0.2, 0.25) is 0 Å². The molecule has 5 nitrogen and oxygen atoms in total. The third-order valence-electron chi connectivity index (χ3n) is 3.37. The SMILES string of the molecule is COCCOc1cc(C)ccc1NC(=O)C1CCNC1.Cl. The van der Waals surface area contributed by atoms with E-state index >= 15 is 0 Å². The molecule has 0 spiro atoms. The molecule has 2 rings (SSSR count). The number of carbonyl (C=O) groups excluding carboxylic acids is 1. The highest BCUT2D eigenvalue weighted by Crippen LogP contribution is 2.26. The van der Waals surface area contributed by atoms with Crippen LogP contribution in [0.25, 0.3) is 0 Å². The highest BCUT2D eigenvalue weighted by Gasteiger charge is 2.23. The molecule has 1 aliphatic heterocycles. The highest BCUT2D eigenvalue weighted by molar-refractivity contribution is 5.94. The Bertz CT molecular complexity index is 462. The first-order valence-corrected chi connectivity index (χ1v) is 6.94. The van der Waals surface area contributed by atoms with Gasteiger partial charge in [-0.1, -0.05) is 6.07 Å². The number of nitrogens with one attached hydrogen (secondary N) is 2. The van der Waals surface area contributed by atoms with E-state index in [1.165, 1.54) is 0 Å². The van der Waals surface area contributed by atoms with Gasteiger partial charge in [-0.3, -0.25) is 4.79 Å². The molecule has 1 aromatic carbocycles. The summed E-state index contributed by atoms with van der Waals surface area (Å²) in [6.45, 7) is 4.64. The van der Waals surface area contributed by atoms with Crippen LogP contribution in [0.3, 0.4) is 0 Å². The minimum Gasteiger partial charge on any atom is -0.489 e. The van der Waals surface area contributed by atoms with Gasteiger partial charge in [0, 0.05) is 13.7 Å². The summed E-state index contributed by atoms with van der Waals surface area (Å²) in [5, 5.41) is 6.16. The number of hydrogen-bond donors (Lipinski definition) is 2. The number of ether oxygens (including phenoxy) is 2. The Morgan fingerprint density at radius 1 is 1.43 bits per heavy atom. The molecule has 2 N–H and O–H groups in total. The van der Waals surface area contributed by atoms with Gasteiger partial charge in [0.15, 0.2) is 0 Å². The third-order valence-corrected chi connectivity index (χ3v) is 3.37. The van der Waals surface area contributed by atoms with Gasteiger partial charge in [-0.05, 0) is 37.6 Å². The molecule has 1 fully saturated rings. The average Bonchev–Trinajstić information content (AvgIpc) is 2.96. The Kier molecular flexibility index (Phi) is 7.50. The molecule has 1 aromatic rings. The van der Waals surface area contributed by atoms with E-state index in [-0.39, 0.29) is 24.2 Å². The van der Waals surface area contributed by atoms with Gasteiger partial charge in [0.25, 0.3) is 0 Å². The molecule has 0 bridgehead atoms. The molecule has 1 unspecified atom stereocenters. The topological polar surface area (TPSA) is 59.6 Å². The molecular weight excluding hydrogens is 292 g/mol. The van der Waals surface area contributed by atoms with Crippen molar-refractivity contribution in [3.8, 4) is 5.75 Å². The molecule has 21 heavy (non-hydrogen) atoms. The summed E-state index contributed by atoms with van der Waals surface area (Å²) in [7, 11) is 1.63. The Morgan fingerprint density at radius 3 is 2.90 bits per heavy atom. The van der Waals surface area contributed by atoms with E-state index < -0.39 is 0 Å². The van der Waals surface area contributed by atoms with Crippen LogP contribution < -0.4 is 15.4 Å². The van der Waals surface area contributed by atoms with Gasteiger partial charge in [0.1, 0.15) is 12.4 Å². The summed E-state index contributed by atoms with van der Waals surface area (Å²) >= 11 is 0. The van der Waals surface area contributed by atoms with E-state index in [0.717, 1.165) is 30.8 Å². The lowest BCUT2D eigenvalue weighted by molar-refractivity contribution is -0.119. The minimum atomic E-state index is 0. The molecule has 0 aliphatic carbocycles. The van der Waals surface area contributed by atoms with Gasteiger partial charge in [0.2, 0.25) is 5.91 Å². The molecule has 1 heterocycles. The number of amides is 1. The normalized spacial score (nSPS) is 17.1. The Morgan fingerprint density at radius 2 is 2.24 bits per heavy atom. The molecule has 1 atom stereocenters. The number of benzene rings is 1. The van der Waals surface area contributed by atoms with Crippen molar-refractivity contribution in [1.82, 2.24) is 5.32 Å². The largest absolute Gasteiger partial charge is 0.489 e. The van der Waals surface area contributed by atoms with Crippen molar-refractivity contribution < 1.29 is 14.3 Å². The summed E-state index contributed by atoms with van der Waals surface area (Å²) in [5.74, 6) is 0.792. The second-order valence-corrected chi connectivity index (χ2v) is 5.02. The first-order valence-electron chi connectivity index (χ1n) is 6.94. The molecule has 1 amide bonds. The minimum absolute atomic E-state index is 0. The number of methoxy groups -OCH3 is 1. The summed E-state index contributed by atoms with van der Waals surface area (Å²) in [6, 6.07) is 5.78. The second-order valence-electron chi connectivity index (χ2n) is 5.02. The van der Waals surface area contributed by atoms with Crippen LogP contribution in [-0.2, 0) is 9.53 Å². The van der Waals surface area contributed by atoms with Crippen LogP contribution in [0.4, 0.5) is 5.69 Å². The van der Waals surface area contributed by atoms with Crippen molar-refractivity contribution in [2.24, 2.45) is 5.92 Å². The fraction of sp³-hybridized carbons (Fsp3) is 0.533. The molecule has 0 radical (unpaired) electrons. The zero-order valence-electron chi connectivity index (χ0n) is 12.5. The van der Waals surface area contributed by atoms with E-state index in [9.17, 15) is 4.79 Å². The van der Waals surface area contributed by atoms with Gasteiger partial charge in [-0.2, -0.15) is 0 Å². The first-order chi connectivity index (χ1) is 9.70. The van der Waals surface area contributed by atoms with Crippen molar-refractivity contribution >= 4 is 24.0 Å². The van der Waals surface area contributed by atoms with Crippen LogP contribution in [0.5, 0.6) is 5.75 Å². The van der Waals surface area contributed by atoms with Gasteiger partial charge >= 0.3 is 0 Å². The van der Waals surface area contributed by atoms with E-state index in [4.69, 9.17) is 9.47 Å². The maximum absolute atomic E-state index is 12.2. The van der Waals surface area contributed by atoms with Gasteiger partial charge in [0.05, 0.1) is 18.2 Å². The van der Waals surface area contributed by atoms with Crippen LogP contribution in [0, 0.1) is 12.8 Å². The second kappa shape index (κ2) is 8.87. The smallest absolute Gasteiger partial charge is 0.228 e. The summed E-state index contributed by atoms with van der Waals surface area (Å²) in [6.07, 6.45) is 0.886. The molecule has 0 saturated carbocycles. The van der Waals surface area contributed by atoms with Crippen LogP contribution in [-0.4, -0.2) is 39.3 Å². The monoisotopic (exact) mass is 314 g/mol. The average molecular weight is 315 g/mol. The number of halogens is 1. The number of hydrogen-bond acceptors (Lipinski definition) is 4. The molecular formula is C15H23ClN2O3. The van der Waals surface area contributed by atoms with E-state index in [1.54, 1.807) is 7.11 Å². The molecule has 0 aromatic heterocycles. The number of rotatable bonds is 6. The quantitative estimate of drug-likeness (QED) is 0.788. The summed E-state index contributed by atoms with van der Waals surface area (Å²) < 4.78 is 10.6. The number of anilines is 1. The van der Waals surface area contributed by atoms with Crippen molar-refractivity contribution in [1.29, 1.82) is 0 Å². The lowest BCUT2D eigenvalue weighted by Gasteiger charge is -2.15. The van der Waals surface area contributed by atoms with Gasteiger partial charge in [-0.25, -0.2) is 0 Å². The lowest BCUT2D eigenvalue weighted by Crippen LogP contribution is -2.25. The van der Waals surface area contributed by atoms with Crippen molar-refractivity contribution in [2.45, 2.75) is 13.3 Å². The number of aryl methyl sites for hydroxylation is 1. The van der Waals surface area contributed by atoms with Crippen molar-refractivity contribution in [3.05, 3.63) is 23.8 Å². The zero-order valence-corrected chi connectivity index (χ0v) is 13.3. The molecule has 118 valence electrons. The maximum Gasteiger partial charge on any atom is 0.228 e. The van der Waals surface area contributed by atoms with Crippen LogP contribution in [0.15, 0.2) is 18.2 Å². The summed E-state index contributed by atoms with van der Waals surface area (Å²) in [4.78, 5) is 12.2. The Hall–Kier alpha value is -1.30. The maximum atomic E-state index is 12.2. The van der Waals surface area contributed by atoms with Crippen LogP contribution >= 0.6 is 12.4 Å². The zero-order chi connectivity index (χ0) is 14.4. The summed E-state index contributed by atoms with van der Waals surface area (Å²) in [5.41, 5.74) is 1.82. The molecule has 1 saturated heterocycles.